The Morgan fingerprint density at radius 2 is 1.95 bits per heavy atom. The van der Waals surface area contributed by atoms with Crippen molar-refractivity contribution in [3.63, 3.8) is 0 Å². The van der Waals surface area contributed by atoms with Crippen LogP contribution in [-0.2, 0) is 16.1 Å². The molecule has 0 radical (unpaired) electrons. The van der Waals surface area contributed by atoms with Crippen molar-refractivity contribution in [1.29, 1.82) is 0 Å². The first-order valence-electron chi connectivity index (χ1n) is 8.15. The van der Waals surface area contributed by atoms with Gasteiger partial charge in [0.1, 0.15) is 0 Å². The second kappa shape index (κ2) is 7.00. The van der Waals surface area contributed by atoms with E-state index in [9.17, 15) is 4.79 Å². The molecule has 0 unspecified atom stereocenters. The van der Waals surface area contributed by atoms with Crippen LogP contribution in [0.3, 0.4) is 0 Å². The molecule has 0 spiro atoms. The zero-order valence-corrected chi connectivity index (χ0v) is 13.7. The lowest BCUT2D eigenvalue weighted by Gasteiger charge is -2.26. The topological polar surface area (TPSA) is 85.2 Å². The van der Waals surface area contributed by atoms with Gasteiger partial charge in [-0.3, -0.25) is 4.79 Å². The van der Waals surface area contributed by atoms with E-state index in [1.165, 1.54) is 18.2 Å². The number of carbonyl (C=O) groups is 1. The molecule has 122 valence electrons. The molecule has 3 rings (SSSR count). The normalized spacial score (nSPS) is 21.2. The molecule has 1 saturated heterocycles. The van der Waals surface area contributed by atoms with Crippen LogP contribution in [0.4, 0.5) is 0 Å². The number of carbonyl (C=O) groups excluding carboxylic acids is 1. The van der Waals surface area contributed by atoms with Crippen molar-refractivity contribution in [2.45, 2.75) is 56.2 Å². The summed E-state index contributed by atoms with van der Waals surface area (Å²) in [6.45, 7) is 1.81. The molecule has 1 aliphatic heterocycles. The van der Waals surface area contributed by atoms with Crippen molar-refractivity contribution < 1.29 is 9.32 Å². The number of piperidine rings is 1. The van der Waals surface area contributed by atoms with Crippen molar-refractivity contribution in [1.82, 2.24) is 15.0 Å². The van der Waals surface area contributed by atoms with Crippen LogP contribution in [0.15, 0.2) is 4.52 Å². The highest BCUT2D eigenvalue weighted by molar-refractivity contribution is 7.99. The average Bonchev–Trinajstić information content (AvgIpc) is 3.18. The maximum absolute atomic E-state index is 12.1. The first-order valence-corrected chi connectivity index (χ1v) is 9.30. The third kappa shape index (κ3) is 3.63. The molecular weight excluding hydrogens is 300 g/mol. The minimum absolute atomic E-state index is 0.218. The van der Waals surface area contributed by atoms with Crippen molar-refractivity contribution in [2.75, 3.05) is 18.8 Å². The summed E-state index contributed by atoms with van der Waals surface area (Å²) in [6, 6.07) is 0. The monoisotopic (exact) mass is 324 g/mol. The average molecular weight is 324 g/mol. The van der Waals surface area contributed by atoms with Crippen molar-refractivity contribution in [3.8, 4) is 0 Å². The van der Waals surface area contributed by atoms with Gasteiger partial charge in [0.15, 0.2) is 5.82 Å². The Bertz CT molecular complexity index is 507. The highest BCUT2D eigenvalue weighted by Crippen LogP contribution is 2.34. The van der Waals surface area contributed by atoms with Gasteiger partial charge in [-0.1, -0.05) is 18.0 Å². The Morgan fingerprint density at radius 3 is 2.68 bits per heavy atom. The van der Waals surface area contributed by atoms with E-state index in [2.05, 4.69) is 10.1 Å². The van der Waals surface area contributed by atoms with Crippen LogP contribution in [0, 0.1) is 0 Å². The van der Waals surface area contributed by atoms with Gasteiger partial charge in [-0.25, -0.2) is 0 Å². The van der Waals surface area contributed by atoms with E-state index in [0.717, 1.165) is 51.6 Å². The third-order valence-corrected chi connectivity index (χ3v) is 5.47. The van der Waals surface area contributed by atoms with E-state index in [1.807, 2.05) is 4.90 Å². The molecular formula is C15H24N4O2S. The fourth-order valence-electron chi connectivity index (χ4n) is 3.21. The number of hydrogen-bond donors (Lipinski definition) is 1. The van der Waals surface area contributed by atoms with E-state index in [1.54, 1.807) is 0 Å². The summed E-state index contributed by atoms with van der Waals surface area (Å²) in [5.41, 5.74) is 5.91. The lowest BCUT2D eigenvalue weighted by molar-refractivity contribution is -0.129. The van der Waals surface area contributed by atoms with Gasteiger partial charge >= 0.3 is 0 Å². The number of amides is 1. The van der Waals surface area contributed by atoms with E-state index in [4.69, 9.17) is 10.3 Å². The molecule has 1 aromatic heterocycles. The van der Waals surface area contributed by atoms with Crippen LogP contribution >= 0.6 is 11.8 Å². The molecule has 0 aromatic carbocycles. The summed E-state index contributed by atoms with van der Waals surface area (Å²) in [4.78, 5) is 18.5. The van der Waals surface area contributed by atoms with Gasteiger partial charge in [0, 0.05) is 13.1 Å². The summed E-state index contributed by atoms with van der Waals surface area (Å²) in [7, 11) is 0. The Kier molecular flexibility index (Phi) is 5.03. The summed E-state index contributed by atoms with van der Waals surface area (Å²) in [5.74, 6) is 2.47. The highest BCUT2D eigenvalue weighted by Gasteiger charge is 2.35. The smallest absolute Gasteiger partial charge is 0.236 e. The second-order valence-electron chi connectivity index (χ2n) is 6.31. The van der Waals surface area contributed by atoms with Crippen LogP contribution in [0.1, 0.15) is 56.7 Å². The molecule has 1 saturated carbocycles. The van der Waals surface area contributed by atoms with Crippen LogP contribution in [0.25, 0.3) is 0 Å². The summed E-state index contributed by atoms with van der Waals surface area (Å²) in [6.07, 6.45) is 7.59. The van der Waals surface area contributed by atoms with Crippen LogP contribution < -0.4 is 5.73 Å². The molecule has 6 nitrogen and oxygen atoms in total. The molecule has 7 heteroatoms. The predicted molar refractivity (Wildman–Crippen MR) is 85.2 cm³/mol. The fourth-order valence-corrected chi connectivity index (χ4v) is 3.96. The lowest BCUT2D eigenvalue weighted by Crippen LogP contribution is -2.36. The van der Waals surface area contributed by atoms with Crippen LogP contribution in [0.2, 0.25) is 0 Å². The number of aromatic nitrogens is 2. The second-order valence-corrected chi connectivity index (χ2v) is 7.29. The number of nitrogens with zero attached hydrogens (tertiary/aromatic N) is 3. The van der Waals surface area contributed by atoms with Crippen LogP contribution in [0.5, 0.6) is 0 Å². The Morgan fingerprint density at radius 1 is 1.23 bits per heavy atom. The molecule has 22 heavy (non-hydrogen) atoms. The SMILES string of the molecule is NC1(c2noc(CSCC(=O)N3CCCCC3)n2)CCCC1. The highest BCUT2D eigenvalue weighted by atomic mass is 32.2. The molecule has 1 aliphatic carbocycles. The number of nitrogens with two attached hydrogens (primary N) is 1. The number of thioether (sulfide) groups is 1. The number of hydrogen-bond acceptors (Lipinski definition) is 6. The molecule has 2 fully saturated rings. The quantitative estimate of drug-likeness (QED) is 0.892. The Hall–Kier alpha value is -1.08. The summed E-state index contributed by atoms with van der Waals surface area (Å²) >= 11 is 1.53. The minimum Gasteiger partial charge on any atom is -0.342 e. The molecule has 2 N–H and O–H groups in total. The Labute approximate surface area is 135 Å². The van der Waals surface area contributed by atoms with Gasteiger partial charge < -0.3 is 15.2 Å². The lowest BCUT2D eigenvalue weighted by atomic mass is 9.99. The number of rotatable bonds is 5. The van der Waals surface area contributed by atoms with Gasteiger partial charge in [0.2, 0.25) is 11.8 Å². The van der Waals surface area contributed by atoms with Gasteiger partial charge in [-0.05, 0) is 32.1 Å². The van der Waals surface area contributed by atoms with E-state index < -0.39 is 5.54 Å². The van der Waals surface area contributed by atoms with Crippen molar-refractivity contribution >= 4 is 17.7 Å². The first-order chi connectivity index (χ1) is 10.7. The maximum atomic E-state index is 12.1. The Balaban J connectivity index is 1.46. The van der Waals surface area contributed by atoms with Gasteiger partial charge in [-0.15, -0.1) is 11.8 Å². The van der Waals surface area contributed by atoms with Gasteiger partial charge in [0.05, 0.1) is 17.0 Å². The zero-order valence-electron chi connectivity index (χ0n) is 12.9. The minimum atomic E-state index is -0.407. The molecule has 0 atom stereocenters. The van der Waals surface area contributed by atoms with E-state index in [0.29, 0.717) is 23.2 Å². The molecule has 2 aliphatic rings. The third-order valence-electron chi connectivity index (χ3n) is 4.57. The van der Waals surface area contributed by atoms with E-state index >= 15 is 0 Å². The number of likely N-dealkylation sites (tertiary alicyclic amines) is 1. The van der Waals surface area contributed by atoms with Crippen LogP contribution in [-0.4, -0.2) is 39.8 Å². The summed E-state index contributed by atoms with van der Waals surface area (Å²) in [5, 5.41) is 4.04. The molecule has 0 bridgehead atoms. The molecule has 1 aromatic rings. The maximum Gasteiger partial charge on any atom is 0.236 e. The van der Waals surface area contributed by atoms with E-state index in [-0.39, 0.29) is 5.91 Å². The van der Waals surface area contributed by atoms with Gasteiger partial charge in [0.25, 0.3) is 0 Å². The first kappa shape index (κ1) is 15.8. The predicted octanol–water partition coefficient (Wildman–Crippen LogP) is 2.04. The fraction of sp³-hybridized carbons (Fsp3) is 0.800. The summed E-state index contributed by atoms with van der Waals surface area (Å²) < 4.78 is 5.28. The standard InChI is InChI=1S/C15H24N4O2S/c16-15(6-2-3-7-15)14-17-12(21-18-14)10-22-11-13(20)19-8-4-1-5-9-19/h1-11,16H2. The van der Waals surface area contributed by atoms with Crippen molar-refractivity contribution in [2.24, 2.45) is 5.73 Å². The van der Waals surface area contributed by atoms with Crippen molar-refractivity contribution in [3.05, 3.63) is 11.7 Å². The zero-order chi connectivity index (χ0) is 15.4. The van der Waals surface area contributed by atoms with Gasteiger partial charge in [-0.2, -0.15) is 4.98 Å². The molecule has 1 amide bonds. The largest absolute Gasteiger partial charge is 0.342 e. The molecule has 2 heterocycles.